The third kappa shape index (κ3) is 4.12. The Hall–Kier alpha value is -1.81. The van der Waals surface area contributed by atoms with Crippen LogP contribution in [0.2, 0.25) is 0 Å². The van der Waals surface area contributed by atoms with Crippen molar-refractivity contribution in [2.45, 2.75) is 38.3 Å². The van der Waals surface area contributed by atoms with Gasteiger partial charge in [-0.15, -0.1) is 0 Å². The first-order valence-corrected chi connectivity index (χ1v) is 10.2. The van der Waals surface area contributed by atoms with Crippen molar-refractivity contribution in [3.05, 3.63) is 33.8 Å². The summed E-state index contributed by atoms with van der Waals surface area (Å²) in [5.74, 6) is 0.150. The van der Waals surface area contributed by atoms with E-state index in [4.69, 9.17) is 0 Å². The van der Waals surface area contributed by atoms with E-state index in [1.54, 1.807) is 9.58 Å². The fourth-order valence-electron chi connectivity index (χ4n) is 3.67. The van der Waals surface area contributed by atoms with E-state index in [2.05, 4.69) is 31.0 Å². The molecule has 2 aliphatic rings. The molecule has 0 N–H and O–H groups in total. The Morgan fingerprint density at radius 2 is 2.00 bits per heavy atom. The smallest absolute Gasteiger partial charge is 0.283 e. The van der Waals surface area contributed by atoms with Gasteiger partial charge >= 0.3 is 0 Å². The average molecular weight is 457 g/mol. The number of hydrogen-bond donors (Lipinski definition) is 0. The number of carbonyl (C=O) groups excluding carboxylic acids is 1. The van der Waals surface area contributed by atoms with Crippen LogP contribution in [0.5, 0.6) is 0 Å². The normalized spacial score (nSPS) is 18.2. The van der Waals surface area contributed by atoms with E-state index >= 15 is 0 Å². The molecular formula is C18H23BrF2N6O. The molecule has 1 saturated carbocycles. The van der Waals surface area contributed by atoms with Gasteiger partial charge in [-0.1, -0.05) is 0 Å². The molecule has 0 bridgehead atoms. The van der Waals surface area contributed by atoms with Gasteiger partial charge in [0.15, 0.2) is 0 Å². The molecule has 0 aromatic carbocycles. The minimum Gasteiger partial charge on any atom is -0.339 e. The molecule has 152 valence electrons. The zero-order chi connectivity index (χ0) is 19.8. The maximum atomic E-state index is 13.2. The molecule has 7 nitrogen and oxygen atoms in total. The monoisotopic (exact) mass is 456 g/mol. The molecule has 3 heterocycles. The number of piperazine rings is 1. The molecular weight excluding hydrogens is 434 g/mol. The molecule has 1 saturated heterocycles. The Morgan fingerprint density at radius 3 is 2.57 bits per heavy atom. The summed E-state index contributed by atoms with van der Waals surface area (Å²) in [6, 6.07) is 0. The lowest BCUT2D eigenvalue weighted by Gasteiger charge is -2.34. The van der Waals surface area contributed by atoms with Crippen molar-refractivity contribution in [2.75, 3.05) is 26.2 Å². The van der Waals surface area contributed by atoms with E-state index in [-0.39, 0.29) is 24.1 Å². The van der Waals surface area contributed by atoms with E-state index in [9.17, 15) is 13.6 Å². The first-order valence-electron chi connectivity index (χ1n) is 9.44. The number of alkyl halides is 2. The molecule has 28 heavy (non-hydrogen) atoms. The van der Waals surface area contributed by atoms with Gasteiger partial charge in [0, 0.05) is 57.4 Å². The fraction of sp³-hybridized carbons (Fsp3) is 0.611. The van der Waals surface area contributed by atoms with Gasteiger partial charge in [0.25, 0.3) is 6.43 Å². The SMILES string of the molecule is Cn1cc(CN2CCN(C(=O)Cn3nc(C(F)F)c(Br)c3C3CC3)CC2)cn1. The van der Waals surface area contributed by atoms with Gasteiger partial charge in [0.2, 0.25) is 5.91 Å². The lowest BCUT2D eigenvalue weighted by Crippen LogP contribution is -2.49. The number of nitrogens with zero attached hydrogens (tertiary/aromatic N) is 6. The Labute approximate surface area is 170 Å². The number of aryl methyl sites for hydroxylation is 1. The lowest BCUT2D eigenvalue weighted by molar-refractivity contribution is -0.133. The molecule has 0 unspecified atom stereocenters. The van der Waals surface area contributed by atoms with Gasteiger partial charge < -0.3 is 4.90 Å². The summed E-state index contributed by atoms with van der Waals surface area (Å²) in [5.41, 5.74) is 1.62. The first kappa shape index (κ1) is 19.5. The van der Waals surface area contributed by atoms with Gasteiger partial charge in [-0.3, -0.25) is 19.1 Å². The van der Waals surface area contributed by atoms with Crippen molar-refractivity contribution in [1.29, 1.82) is 0 Å². The number of aromatic nitrogens is 4. The highest BCUT2D eigenvalue weighted by Gasteiger charge is 2.34. The highest BCUT2D eigenvalue weighted by atomic mass is 79.9. The van der Waals surface area contributed by atoms with Crippen molar-refractivity contribution >= 4 is 21.8 Å². The number of hydrogen-bond acceptors (Lipinski definition) is 4. The third-order valence-electron chi connectivity index (χ3n) is 5.30. The van der Waals surface area contributed by atoms with Crippen LogP contribution in [0.25, 0.3) is 0 Å². The Kier molecular flexibility index (Phi) is 5.50. The van der Waals surface area contributed by atoms with E-state index in [0.29, 0.717) is 17.6 Å². The standard InChI is InChI=1S/C18H23BrF2N6O/c1-24-9-12(8-22-24)10-25-4-6-26(7-5-25)14(28)11-27-17(13-2-3-13)15(19)16(23-27)18(20)21/h8-9,13,18H,2-7,10-11H2,1H3. The Bertz CT molecular complexity index is 854. The summed E-state index contributed by atoms with van der Waals surface area (Å²) < 4.78 is 30.0. The predicted octanol–water partition coefficient (Wildman–Crippen LogP) is 2.54. The molecule has 1 amide bonds. The Balaban J connectivity index is 1.36. The summed E-state index contributed by atoms with van der Waals surface area (Å²) in [6.45, 7) is 3.64. The number of amides is 1. The van der Waals surface area contributed by atoms with Crippen LogP contribution in [0.4, 0.5) is 8.78 Å². The van der Waals surface area contributed by atoms with Crippen LogP contribution in [-0.4, -0.2) is 61.4 Å². The maximum Gasteiger partial charge on any atom is 0.283 e. The molecule has 10 heteroatoms. The van der Waals surface area contributed by atoms with Crippen LogP contribution in [0.3, 0.4) is 0 Å². The van der Waals surface area contributed by atoms with Crippen LogP contribution in [-0.2, 0) is 24.9 Å². The summed E-state index contributed by atoms with van der Waals surface area (Å²) >= 11 is 3.27. The topological polar surface area (TPSA) is 59.2 Å². The summed E-state index contributed by atoms with van der Waals surface area (Å²) in [4.78, 5) is 16.8. The summed E-state index contributed by atoms with van der Waals surface area (Å²) in [6.07, 6.45) is 3.10. The van der Waals surface area contributed by atoms with Gasteiger partial charge in [0.1, 0.15) is 12.2 Å². The highest BCUT2D eigenvalue weighted by Crippen LogP contribution is 2.45. The van der Waals surface area contributed by atoms with E-state index < -0.39 is 6.43 Å². The molecule has 2 aromatic rings. The fourth-order valence-corrected chi connectivity index (χ4v) is 4.46. The van der Waals surface area contributed by atoms with Crippen LogP contribution in [0, 0.1) is 0 Å². The second-order valence-corrected chi connectivity index (χ2v) is 8.29. The van der Waals surface area contributed by atoms with Crippen LogP contribution in [0.15, 0.2) is 16.9 Å². The van der Waals surface area contributed by atoms with Gasteiger partial charge in [0.05, 0.1) is 16.4 Å². The van der Waals surface area contributed by atoms with Crippen molar-refractivity contribution in [3.8, 4) is 0 Å². The lowest BCUT2D eigenvalue weighted by atomic mass is 10.2. The van der Waals surface area contributed by atoms with Crippen LogP contribution >= 0.6 is 15.9 Å². The van der Waals surface area contributed by atoms with Crippen molar-refractivity contribution in [1.82, 2.24) is 29.4 Å². The van der Waals surface area contributed by atoms with Gasteiger partial charge in [-0.2, -0.15) is 10.2 Å². The zero-order valence-electron chi connectivity index (χ0n) is 15.7. The molecule has 1 aliphatic carbocycles. The van der Waals surface area contributed by atoms with Gasteiger partial charge in [-0.05, 0) is 28.8 Å². The molecule has 0 atom stereocenters. The number of carbonyl (C=O) groups is 1. The second kappa shape index (κ2) is 7.90. The van der Waals surface area contributed by atoms with E-state index in [0.717, 1.165) is 43.7 Å². The highest BCUT2D eigenvalue weighted by molar-refractivity contribution is 9.10. The van der Waals surface area contributed by atoms with Crippen molar-refractivity contribution < 1.29 is 13.6 Å². The quantitative estimate of drug-likeness (QED) is 0.669. The molecule has 2 aromatic heterocycles. The van der Waals surface area contributed by atoms with E-state index in [1.807, 2.05) is 19.4 Å². The zero-order valence-corrected chi connectivity index (χ0v) is 17.3. The van der Waals surface area contributed by atoms with Crippen LogP contribution in [0.1, 0.15) is 42.1 Å². The van der Waals surface area contributed by atoms with Crippen molar-refractivity contribution in [2.24, 2.45) is 7.05 Å². The summed E-state index contributed by atoms with van der Waals surface area (Å²) in [7, 11) is 1.89. The van der Waals surface area contributed by atoms with Crippen LogP contribution < -0.4 is 0 Å². The van der Waals surface area contributed by atoms with Crippen molar-refractivity contribution in [3.63, 3.8) is 0 Å². The molecule has 2 fully saturated rings. The number of rotatable bonds is 6. The molecule has 0 radical (unpaired) electrons. The molecule has 4 rings (SSSR count). The Morgan fingerprint density at radius 1 is 1.29 bits per heavy atom. The molecule has 0 spiro atoms. The predicted molar refractivity (Wildman–Crippen MR) is 102 cm³/mol. The minimum atomic E-state index is -2.65. The first-order chi connectivity index (χ1) is 13.4. The second-order valence-electron chi connectivity index (χ2n) is 7.50. The average Bonchev–Trinajstić information content (AvgIpc) is 3.32. The largest absolute Gasteiger partial charge is 0.339 e. The minimum absolute atomic E-state index is 0.0136. The van der Waals surface area contributed by atoms with E-state index in [1.165, 1.54) is 4.68 Å². The number of halogens is 3. The van der Waals surface area contributed by atoms with Gasteiger partial charge in [-0.25, -0.2) is 8.78 Å². The third-order valence-corrected chi connectivity index (χ3v) is 6.11. The summed E-state index contributed by atoms with van der Waals surface area (Å²) in [5, 5.41) is 8.21. The maximum absolute atomic E-state index is 13.2. The molecule has 1 aliphatic heterocycles.